The molecule has 3 fully saturated rings. The summed E-state index contributed by atoms with van der Waals surface area (Å²) in [7, 11) is 5.89. The van der Waals surface area contributed by atoms with E-state index in [1.54, 1.807) is 7.11 Å². The molecule has 2 spiro atoms. The fraction of sp³-hybridized carbons (Fsp3) is 0.541. The maximum Gasteiger partial charge on any atom is 0.177 e. The monoisotopic (exact) mass is 642 g/mol. The lowest BCUT2D eigenvalue weighted by Crippen LogP contribution is -2.80. The van der Waals surface area contributed by atoms with Gasteiger partial charge in [-0.05, 0) is 75.6 Å². The van der Waals surface area contributed by atoms with E-state index in [9.17, 15) is 25.2 Å². The molecular formula is C37H42N2O8. The summed E-state index contributed by atoms with van der Waals surface area (Å²) in [6, 6.07) is 8.19. The van der Waals surface area contributed by atoms with E-state index >= 15 is 0 Å². The number of ether oxygens (including phenoxy) is 3. The van der Waals surface area contributed by atoms with Crippen molar-refractivity contribution in [1.82, 2.24) is 9.80 Å². The summed E-state index contributed by atoms with van der Waals surface area (Å²) in [6.07, 6.45) is 5.47. The molecule has 2 aromatic carbocycles. The van der Waals surface area contributed by atoms with Gasteiger partial charge in [-0.25, -0.2) is 0 Å². The highest BCUT2D eigenvalue weighted by Gasteiger charge is 2.75. The summed E-state index contributed by atoms with van der Waals surface area (Å²) in [5, 5.41) is 41.9. The Labute approximate surface area is 273 Å². The Bertz CT molecular complexity index is 1790. The number of methoxy groups -OCH3 is 1. The van der Waals surface area contributed by atoms with E-state index in [-0.39, 0.29) is 43.0 Å². The molecule has 4 aliphatic carbocycles. The number of likely N-dealkylation sites (N-methyl/N-ethyl adjacent to an activating group) is 2. The maximum atomic E-state index is 12.7. The van der Waals surface area contributed by atoms with E-state index in [1.165, 1.54) is 16.7 Å². The molecule has 8 atom stereocenters. The van der Waals surface area contributed by atoms with Gasteiger partial charge in [0.1, 0.15) is 22.9 Å². The largest absolute Gasteiger partial charge is 0.497 e. The molecule has 8 aliphatic rings. The number of aliphatic hydroxyl groups excluding tert-OH is 3. The number of carbonyl (C=O) groups excluding carboxylic acids is 1. The molecule has 10 nitrogen and oxygen atoms in total. The second-order valence-electron chi connectivity index (χ2n) is 14.7. The van der Waals surface area contributed by atoms with E-state index in [2.05, 4.69) is 35.1 Å². The number of aliphatic hydroxyl groups is 4. The molecule has 47 heavy (non-hydrogen) atoms. The number of rotatable bonds is 3. The van der Waals surface area contributed by atoms with Crippen LogP contribution in [-0.4, -0.2) is 106 Å². The third-order valence-electron chi connectivity index (χ3n) is 13.1. The first kappa shape index (κ1) is 29.9. The number of piperidine rings is 2. The summed E-state index contributed by atoms with van der Waals surface area (Å²) in [5.74, 6) is 2.17. The standard InChI is InChI=1S/C19H21NO3.C18H21NO5/c1-20-8-7-19-13-5-6-15(22-2)18(19)23-17-12(10-21)4-3-11(16(17)19)9-14(13)20;1-19-5-4-17-14-9-2-3-10(8-20)15(14)24-16(17)11(21)7-13(22)18(17,23)12(19)6-9/h3-6,14,18,21H,7-10H2,1-2H3;2-3,12-13,16,20,22-23H,4-8H2,1H3/t14-,18+,19+;12-,13?,16+,17+,18+/m11/s1. The van der Waals surface area contributed by atoms with Crippen molar-refractivity contribution < 1.29 is 39.4 Å². The van der Waals surface area contributed by atoms with Crippen molar-refractivity contribution in [3.05, 3.63) is 81.1 Å². The first-order valence-corrected chi connectivity index (χ1v) is 16.8. The highest BCUT2D eigenvalue weighted by atomic mass is 16.5. The number of nitrogens with zero attached hydrogens (tertiary/aromatic N) is 2. The Balaban J connectivity index is 0.000000129. The van der Waals surface area contributed by atoms with Crippen LogP contribution in [0.2, 0.25) is 0 Å². The number of carbonyl (C=O) groups is 1. The van der Waals surface area contributed by atoms with Gasteiger partial charge in [0.2, 0.25) is 0 Å². The Morgan fingerprint density at radius 1 is 0.872 bits per heavy atom. The summed E-state index contributed by atoms with van der Waals surface area (Å²) in [6.45, 7) is 1.62. The van der Waals surface area contributed by atoms with E-state index in [0.29, 0.717) is 30.2 Å². The van der Waals surface area contributed by atoms with Gasteiger partial charge in [-0.1, -0.05) is 30.3 Å². The van der Waals surface area contributed by atoms with Crippen LogP contribution >= 0.6 is 0 Å². The molecule has 10 heteroatoms. The highest BCUT2D eigenvalue weighted by Crippen LogP contribution is 2.64. The summed E-state index contributed by atoms with van der Waals surface area (Å²) in [5.41, 5.74) is 5.13. The molecule has 1 unspecified atom stereocenters. The quantitative estimate of drug-likeness (QED) is 0.390. The van der Waals surface area contributed by atoms with Gasteiger partial charge in [-0.3, -0.25) is 9.69 Å². The fourth-order valence-corrected chi connectivity index (χ4v) is 10.9. The van der Waals surface area contributed by atoms with Gasteiger partial charge < -0.3 is 39.5 Å². The van der Waals surface area contributed by atoms with Crippen molar-refractivity contribution >= 4 is 5.78 Å². The number of Topliss-reactive ketones (excluding diaryl/α,β-unsaturated/α-hetero) is 1. The van der Waals surface area contributed by atoms with Crippen LogP contribution in [-0.2, 0) is 46.4 Å². The first-order chi connectivity index (χ1) is 22.6. The molecule has 2 aromatic rings. The smallest absolute Gasteiger partial charge is 0.177 e. The van der Waals surface area contributed by atoms with Gasteiger partial charge in [0.25, 0.3) is 0 Å². The van der Waals surface area contributed by atoms with Crippen LogP contribution in [0.3, 0.4) is 0 Å². The van der Waals surface area contributed by atoms with Crippen molar-refractivity contribution in [3.63, 3.8) is 0 Å². The molecule has 248 valence electrons. The lowest BCUT2D eigenvalue weighted by Gasteiger charge is -2.63. The average molecular weight is 643 g/mol. The predicted octanol–water partition coefficient (Wildman–Crippen LogP) is 1.41. The maximum absolute atomic E-state index is 12.7. The van der Waals surface area contributed by atoms with Gasteiger partial charge in [-0.15, -0.1) is 0 Å². The van der Waals surface area contributed by atoms with E-state index in [0.717, 1.165) is 54.1 Å². The molecule has 2 saturated heterocycles. The van der Waals surface area contributed by atoms with E-state index in [4.69, 9.17) is 14.2 Å². The number of hydrogen-bond acceptors (Lipinski definition) is 10. The van der Waals surface area contributed by atoms with Crippen molar-refractivity contribution in [2.45, 2.75) is 92.1 Å². The molecule has 1 saturated carbocycles. The molecule has 0 amide bonds. The first-order valence-electron chi connectivity index (χ1n) is 16.8. The van der Waals surface area contributed by atoms with Crippen molar-refractivity contribution in [3.8, 4) is 11.5 Å². The minimum Gasteiger partial charge on any atom is -0.497 e. The Kier molecular flexibility index (Phi) is 6.29. The van der Waals surface area contributed by atoms with Crippen LogP contribution in [0.5, 0.6) is 11.5 Å². The molecule has 0 aromatic heterocycles. The Morgan fingerprint density at radius 3 is 2.23 bits per heavy atom. The fourth-order valence-electron chi connectivity index (χ4n) is 10.9. The number of likely N-dealkylation sites (tertiary alicyclic amines) is 2. The lowest BCUT2D eigenvalue weighted by atomic mass is 9.48. The molecule has 4 bridgehead atoms. The second kappa shape index (κ2) is 9.90. The van der Waals surface area contributed by atoms with Crippen LogP contribution in [0.1, 0.15) is 52.6 Å². The zero-order chi connectivity index (χ0) is 32.6. The highest BCUT2D eigenvalue weighted by molar-refractivity contribution is 5.90. The molecule has 4 aliphatic heterocycles. The molecule has 0 radical (unpaired) electrons. The predicted molar refractivity (Wildman–Crippen MR) is 170 cm³/mol. The molecule has 4 heterocycles. The topological polar surface area (TPSA) is 132 Å². The van der Waals surface area contributed by atoms with E-state index in [1.807, 2.05) is 25.2 Å². The number of benzene rings is 2. The summed E-state index contributed by atoms with van der Waals surface area (Å²) < 4.78 is 18.1. The Morgan fingerprint density at radius 2 is 1.53 bits per heavy atom. The number of allylic oxidation sites excluding steroid dienone is 2. The normalized spacial score (nSPS) is 38.2. The van der Waals surface area contributed by atoms with Gasteiger partial charge >= 0.3 is 0 Å². The average Bonchev–Trinajstić information content (AvgIpc) is 3.61. The summed E-state index contributed by atoms with van der Waals surface area (Å²) >= 11 is 0. The molecule has 4 N–H and O–H groups in total. The zero-order valence-corrected chi connectivity index (χ0v) is 27.0. The molecular weight excluding hydrogens is 600 g/mol. The van der Waals surface area contributed by atoms with Gasteiger partial charge in [0.05, 0.1) is 37.3 Å². The minimum absolute atomic E-state index is 0.0137. The van der Waals surface area contributed by atoms with E-state index < -0.39 is 23.2 Å². The minimum atomic E-state index is -1.41. The van der Waals surface area contributed by atoms with Gasteiger partial charge in [-0.2, -0.15) is 0 Å². The van der Waals surface area contributed by atoms with Crippen LogP contribution in [0.15, 0.2) is 47.7 Å². The zero-order valence-electron chi connectivity index (χ0n) is 27.0. The van der Waals surface area contributed by atoms with Crippen LogP contribution < -0.4 is 9.47 Å². The Hall–Kier alpha value is -3.25. The lowest BCUT2D eigenvalue weighted by molar-refractivity contribution is -0.226. The van der Waals surface area contributed by atoms with Crippen molar-refractivity contribution in [1.29, 1.82) is 0 Å². The third-order valence-corrected chi connectivity index (χ3v) is 13.1. The third kappa shape index (κ3) is 3.39. The van der Waals surface area contributed by atoms with Crippen molar-refractivity contribution in [2.24, 2.45) is 0 Å². The van der Waals surface area contributed by atoms with Gasteiger partial charge in [0.15, 0.2) is 18.0 Å². The summed E-state index contributed by atoms with van der Waals surface area (Å²) in [4.78, 5) is 17.2. The van der Waals surface area contributed by atoms with Crippen molar-refractivity contribution in [2.75, 3.05) is 34.3 Å². The van der Waals surface area contributed by atoms with Gasteiger partial charge in [0, 0.05) is 40.8 Å². The van der Waals surface area contributed by atoms with Crippen LogP contribution in [0, 0.1) is 0 Å². The van der Waals surface area contributed by atoms with Crippen LogP contribution in [0.4, 0.5) is 0 Å². The SMILES string of the molecule is CN1CC[C@]23c4c5ccc(CO)c4O[C@H]2C(=O)CC(O)[C@@]3(O)[C@H]1C5.COC1=CC=C2[C@H]3Cc4ccc(CO)c5c4[C@@]2(CCN3C)[C@H]1O5. The number of ketones is 1. The van der Waals surface area contributed by atoms with Crippen LogP contribution in [0.25, 0.3) is 0 Å². The number of hydrogen-bond donors (Lipinski definition) is 4. The second-order valence-corrected chi connectivity index (χ2v) is 14.7. The molecule has 10 rings (SSSR count).